The van der Waals surface area contributed by atoms with Crippen molar-refractivity contribution in [1.82, 2.24) is 8.87 Å². The number of rotatable bonds is 2. The minimum atomic E-state index is -3.23. The van der Waals surface area contributed by atoms with Gasteiger partial charge < -0.3 is 4.57 Å². The van der Waals surface area contributed by atoms with E-state index in [0.29, 0.717) is 24.2 Å². The van der Waals surface area contributed by atoms with Crippen LogP contribution in [0, 0.1) is 5.92 Å². The molecule has 0 radical (unpaired) electrons. The second-order valence-corrected chi connectivity index (χ2v) is 7.56. The van der Waals surface area contributed by atoms with E-state index in [1.165, 1.54) is 21.9 Å². The van der Waals surface area contributed by atoms with Gasteiger partial charge in [-0.25, -0.2) is 12.7 Å². The summed E-state index contributed by atoms with van der Waals surface area (Å²) in [6.45, 7) is 0.742. The third-order valence-corrected chi connectivity index (χ3v) is 5.29. The van der Waals surface area contributed by atoms with Gasteiger partial charge in [-0.2, -0.15) is 4.99 Å². The number of amides is 1. The lowest BCUT2D eigenvalue weighted by Gasteiger charge is -2.28. The lowest BCUT2D eigenvalue weighted by atomic mass is 9.99. The molecule has 0 N–H and O–H groups in total. The maximum Gasteiger partial charge on any atom is 0.252 e. The fourth-order valence-electron chi connectivity index (χ4n) is 2.07. The van der Waals surface area contributed by atoms with Crippen molar-refractivity contribution in [2.24, 2.45) is 18.0 Å². The Bertz CT molecular complexity index is 630. The molecule has 0 spiro atoms. The Morgan fingerprint density at radius 1 is 1.53 bits per heavy atom. The summed E-state index contributed by atoms with van der Waals surface area (Å²) < 4.78 is 26.2. The third-order valence-electron chi connectivity index (χ3n) is 3.17. The summed E-state index contributed by atoms with van der Waals surface area (Å²) >= 11 is 1.39. The lowest BCUT2D eigenvalue weighted by Crippen LogP contribution is -2.41. The summed E-state index contributed by atoms with van der Waals surface area (Å²) in [6.07, 6.45) is 4.41. The summed E-state index contributed by atoms with van der Waals surface area (Å²) in [7, 11) is -1.40. The summed E-state index contributed by atoms with van der Waals surface area (Å²) in [5.41, 5.74) is 0. The van der Waals surface area contributed by atoms with Gasteiger partial charge in [-0.15, -0.1) is 11.3 Å². The average Bonchev–Trinajstić information content (AvgIpc) is 2.74. The fraction of sp³-hybridized carbons (Fsp3) is 0.636. The van der Waals surface area contributed by atoms with Gasteiger partial charge in [0.15, 0.2) is 4.80 Å². The van der Waals surface area contributed by atoms with Crippen LogP contribution in [0.15, 0.2) is 16.6 Å². The molecule has 2 rings (SSSR count). The van der Waals surface area contributed by atoms with Crippen molar-refractivity contribution in [1.29, 1.82) is 0 Å². The van der Waals surface area contributed by atoms with Gasteiger partial charge in [0.1, 0.15) is 0 Å². The van der Waals surface area contributed by atoms with Crippen molar-refractivity contribution in [3.8, 4) is 0 Å². The molecular formula is C11H17N3O3S2. The Kier molecular flexibility index (Phi) is 4.22. The van der Waals surface area contributed by atoms with Crippen LogP contribution in [0.3, 0.4) is 0 Å². The minimum absolute atomic E-state index is 0.230. The number of sulfonamides is 1. The average molecular weight is 303 g/mol. The van der Waals surface area contributed by atoms with Crippen LogP contribution in [0.1, 0.15) is 12.8 Å². The first-order valence-electron chi connectivity index (χ1n) is 6.02. The van der Waals surface area contributed by atoms with Crippen LogP contribution in [0.2, 0.25) is 0 Å². The molecule has 0 aliphatic carbocycles. The molecule has 0 aromatic carbocycles. The predicted octanol–water partition coefficient (Wildman–Crippen LogP) is 0.185. The molecule has 1 unspecified atom stereocenters. The number of nitrogens with zero attached hydrogens (tertiary/aromatic N) is 3. The number of carbonyl (C=O) groups excluding carboxylic acids is 1. The quantitative estimate of drug-likeness (QED) is 0.783. The van der Waals surface area contributed by atoms with Gasteiger partial charge in [-0.1, -0.05) is 0 Å². The van der Waals surface area contributed by atoms with E-state index in [9.17, 15) is 13.2 Å². The highest BCUT2D eigenvalue weighted by Crippen LogP contribution is 2.19. The van der Waals surface area contributed by atoms with Crippen molar-refractivity contribution in [2.45, 2.75) is 12.8 Å². The zero-order valence-electron chi connectivity index (χ0n) is 10.9. The molecule has 1 aliphatic rings. The third kappa shape index (κ3) is 3.52. The molecule has 1 saturated heterocycles. The molecule has 1 atom stereocenters. The molecule has 1 aromatic rings. The zero-order chi connectivity index (χ0) is 14.0. The van der Waals surface area contributed by atoms with Crippen LogP contribution in [0.25, 0.3) is 0 Å². The maximum absolute atomic E-state index is 12.1. The Morgan fingerprint density at radius 3 is 2.84 bits per heavy atom. The topological polar surface area (TPSA) is 71.7 Å². The van der Waals surface area contributed by atoms with Gasteiger partial charge in [0.2, 0.25) is 10.0 Å². The van der Waals surface area contributed by atoms with Crippen molar-refractivity contribution in [2.75, 3.05) is 19.3 Å². The van der Waals surface area contributed by atoms with Gasteiger partial charge >= 0.3 is 0 Å². The van der Waals surface area contributed by atoms with Gasteiger partial charge in [0, 0.05) is 31.7 Å². The van der Waals surface area contributed by atoms with Crippen LogP contribution in [0.5, 0.6) is 0 Å². The van der Waals surface area contributed by atoms with E-state index < -0.39 is 10.0 Å². The molecule has 6 nitrogen and oxygen atoms in total. The molecule has 1 aromatic heterocycles. The van der Waals surface area contributed by atoms with E-state index in [0.717, 1.165) is 0 Å². The second kappa shape index (κ2) is 5.56. The van der Waals surface area contributed by atoms with E-state index in [1.807, 2.05) is 18.6 Å². The summed E-state index contributed by atoms with van der Waals surface area (Å²) in [6, 6.07) is 0. The highest BCUT2D eigenvalue weighted by atomic mass is 32.2. The monoisotopic (exact) mass is 303 g/mol. The molecule has 0 bridgehead atoms. The molecule has 1 amide bonds. The summed E-state index contributed by atoms with van der Waals surface area (Å²) in [4.78, 5) is 16.8. The van der Waals surface area contributed by atoms with Gasteiger partial charge in [-0.05, 0) is 12.8 Å². The molecule has 8 heteroatoms. The molecule has 1 aliphatic heterocycles. The zero-order valence-corrected chi connectivity index (χ0v) is 12.6. The van der Waals surface area contributed by atoms with Crippen LogP contribution in [-0.4, -0.2) is 42.5 Å². The largest absolute Gasteiger partial charge is 0.327 e. The first-order valence-corrected chi connectivity index (χ1v) is 8.74. The van der Waals surface area contributed by atoms with E-state index in [1.54, 1.807) is 4.57 Å². The number of piperidine rings is 1. The SMILES string of the molecule is Cn1ccsc1=NC(=O)C1CCCN(S(C)(=O)=O)C1. The minimum Gasteiger partial charge on any atom is -0.327 e. The fourth-order valence-corrected chi connectivity index (χ4v) is 3.71. The number of thiazole rings is 1. The second-order valence-electron chi connectivity index (χ2n) is 4.71. The normalized spacial score (nSPS) is 22.6. The Hall–Kier alpha value is -0.990. The van der Waals surface area contributed by atoms with E-state index in [4.69, 9.17) is 0 Å². The number of carbonyl (C=O) groups is 1. The van der Waals surface area contributed by atoms with Crippen molar-refractivity contribution >= 4 is 27.3 Å². The summed E-state index contributed by atoms with van der Waals surface area (Å²) in [5.74, 6) is -0.558. The van der Waals surface area contributed by atoms with E-state index in [2.05, 4.69) is 4.99 Å². The predicted molar refractivity (Wildman–Crippen MR) is 73.0 cm³/mol. The molecule has 19 heavy (non-hydrogen) atoms. The van der Waals surface area contributed by atoms with E-state index in [-0.39, 0.29) is 18.4 Å². The van der Waals surface area contributed by atoms with Gasteiger partial charge in [0.05, 0.1) is 12.2 Å². The number of aryl methyl sites for hydroxylation is 1. The highest BCUT2D eigenvalue weighted by molar-refractivity contribution is 7.88. The standard InChI is InChI=1S/C11H17N3O3S2/c1-13-6-7-18-11(13)12-10(15)9-4-3-5-14(8-9)19(2,16)17/h6-7,9H,3-5,8H2,1-2H3. The first kappa shape index (κ1) is 14.4. The van der Waals surface area contributed by atoms with Crippen LogP contribution >= 0.6 is 11.3 Å². The van der Waals surface area contributed by atoms with Crippen LogP contribution < -0.4 is 4.80 Å². The summed E-state index contributed by atoms with van der Waals surface area (Å²) in [5, 5.41) is 1.86. The van der Waals surface area contributed by atoms with E-state index >= 15 is 0 Å². The Morgan fingerprint density at radius 2 is 2.26 bits per heavy atom. The lowest BCUT2D eigenvalue weighted by molar-refractivity contribution is -0.122. The highest BCUT2D eigenvalue weighted by Gasteiger charge is 2.29. The molecule has 106 valence electrons. The molecule has 2 heterocycles. The van der Waals surface area contributed by atoms with Crippen LogP contribution in [-0.2, 0) is 21.9 Å². The van der Waals surface area contributed by atoms with Gasteiger partial charge in [-0.3, -0.25) is 4.79 Å². The Labute approximate surface area is 116 Å². The van der Waals surface area contributed by atoms with Crippen LogP contribution in [0.4, 0.5) is 0 Å². The van der Waals surface area contributed by atoms with Crippen molar-refractivity contribution in [3.05, 3.63) is 16.4 Å². The molecular weight excluding hydrogens is 286 g/mol. The number of hydrogen-bond acceptors (Lipinski definition) is 4. The van der Waals surface area contributed by atoms with Crippen molar-refractivity contribution < 1.29 is 13.2 Å². The smallest absolute Gasteiger partial charge is 0.252 e. The number of aromatic nitrogens is 1. The number of hydrogen-bond donors (Lipinski definition) is 0. The molecule has 0 saturated carbocycles. The first-order chi connectivity index (χ1) is 8.88. The van der Waals surface area contributed by atoms with Gasteiger partial charge in [0.25, 0.3) is 5.91 Å². The van der Waals surface area contributed by atoms with Crippen molar-refractivity contribution in [3.63, 3.8) is 0 Å². The maximum atomic E-state index is 12.1. The Balaban J connectivity index is 2.15. The molecule has 1 fully saturated rings.